The van der Waals surface area contributed by atoms with E-state index < -0.39 is 0 Å². The lowest BCUT2D eigenvalue weighted by Crippen LogP contribution is -2.34. The maximum absolute atomic E-state index is 11.9. The molecular formula is C14H20N2O2. The van der Waals surface area contributed by atoms with Gasteiger partial charge in [-0.3, -0.25) is 4.79 Å². The molecule has 2 rings (SSSR count). The number of nitrogens with one attached hydrogen (secondary N) is 1. The highest BCUT2D eigenvalue weighted by Crippen LogP contribution is 2.19. The molecule has 1 aromatic carbocycles. The number of carbonyl (C=O) groups excluding carboxylic acids is 1. The van der Waals surface area contributed by atoms with E-state index in [9.17, 15) is 9.90 Å². The summed E-state index contributed by atoms with van der Waals surface area (Å²) < 4.78 is 0. The molecule has 1 saturated heterocycles. The van der Waals surface area contributed by atoms with Crippen molar-refractivity contribution in [3.05, 3.63) is 29.3 Å². The molecule has 1 fully saturated rings. The summed E-state index contributed by atoms with van der Waals surface area (Å²) in [5.41, 5.74) is 3.32. The van der Waals surface area contributed by atoms with Gasteiger partial charge in [0, 0.05) is 18.8 Å². The maximum Gasteiger partial charge on any atom is 0.241 e. The molecule has 0 radical (unpaired) electrons. The van der Waals surface area contributed by atoms with Gasteiger partial charge in [-0.1, -0.05) is 18.2 Å². The molecule has 0 unspecified atom stereocenters. The smallest absolute Gasteiger partial charge is 0.241 e. The SMILES string of the molecule is Cc1cccc(C)c1NCC(=O)N1CC[C@@H](O)C1. The predicted octanol–water partition coefficient (Wildman–Crippen LogP) is 1.31. The van der Waals surface area contributed by atoms with Crippen molar-refractivity contribution in [1.29, 1.82) is 0 Å². The molecule has 0 aromatic heterocycles. The molecule has 2 N–H and O–H groups in total. The zero-order valence-electron chi connectivity index (χ0n) is 10.9. The number of nitrogens with zero attached hydrogens (tertiary/aromatic N) is 1. The quantitative estimate of drug-likeness (QED) is 0.848. The molecule has 0 saturated carbocycles. The summed E-state index contributed by atoms with van der Waals surface area (Å²) in [6.07, 6.45) is 0.337. The number of amides is 1. The molecule has 98 valence electrons. The largest absolute Gasteiger partial charge is 0.391 e. The minimum absolute atomic E-state index is 0.0502. The zero-order chi connectivity index (χ0) is 13.1. The number of aryl methyl sites for hydroxylation is 2. The lowest BCUT2D eigenvalue weighted by molar-refractivity contribution is -0.128. The van der Waals surface area contributed by atoms with Crippen LogP contribution in [0.4, 0.5) is 5.69 Å². The van der Waals surface area contributed by atoms with E-state index in [1.165, 1.54) is 0 Å². The molecule has 0 spiro atoms. The van der Waals surface area contributed by atoms with Crippen molar-refractivity contribution in [1.82, 2.24) is 4.90 Å². The van der Waals surface area contributed by atoms with Crippen LogP contribution in [0.5, 0.6) is 0 Å². The number of anilines is 1. The van der Waals surface area contributed by atoms with E-state index in [2.05, 4.69) is 5.32 Å². The number of para-hydroxylation sites is 1. The number of aliphatic hydroxyl groups excluding tert-OH is 1. The molecule has 1 heterocycles. The van der Waals surface area contributed by atoms with E-state index in [-0.39, 0.29) is 12.0 Å². The Morgan fingerprint density at radius 1 is 1.44 bits per heavy atom. The molecule has 4 nitrogen and oxygen atoms in total. The molecule has 1 amide bonds. The van der Waals surface area contributed by atoms with Crippen LogP contribution in [-0.4, -0.2) is 41.7 Å². The van der Waals surface area contributed by atoms with Crippen molar-refractivity contribution < 1.29 is 9.90 Å². The van der Waals surface area contributed by atoms with Gasteiger partial charge in [-0.25, -0.2) is 0 Å². The molecule has 4 heteroatoms. The van der Waals surface area contributed by atoms with Gasteiger partial charge in [0.25, 0.3) is 0 Å². The third-order valence-electron chi connectivity index (χ3n) is 3.41. The molecule has 1 aromatic rings. The van der Waals surface area contributed by atoms with Crippen molar-refractivity contribution in [2.24, 2.45) is 0 Å². The van der Waals surface area contributed by atoms with Crippen LogP contribution in [0.3, 0.4) is 0 Å². The highest BCUT2D eigenvalue weighted by molar-refractivity contribution is 5.81. The third kappa shape index (κ3) is 2.82. The molecule has 0 aliphatic carbocycles. The average molecular weight is 248 g/mol. The number of aliphatic hydroxyl groups is 1. The van der Waals surface area contributed by atoms with Crippen LogP contribution >= 0.6 is 0 Å². The summed E-state index contributed by atoms with van der Waals surface area (Å²) >= 11 is 0. The predicted molar refractivity (Wildman–Crippen MR) is 71.6 cm³/mol. The van der Waals surface area contributed by atoms with Crippen LogP contribution in [0.25, 0.3) is 0 Å². The van der Waals surface area contributed by atoms with Gasteiger partial charge in [0.2, 0.25) is 5.91 Å². The first-order chi connectivity index (χ1) is 8.58. The number of rotatable bonds is 3. The Hall–Kier alpha value is -1.55. The number of carbonyl (C=O) groups is 1. The number of β-amino-alcohol motifs (C(OH)–C–C–N with tert-alkyl or cyclic N) is 1. The van der Waals surface area contributed by atoms with Gasteiger partial charge < -0.3 is 15.3 Å². The monoisotopic (exact) mass is 248 g/mol. The molecule has 0 bridgehead atoms. The van der Waals surface area contributed by atoms with Gasteiger partial charge in [0.1, 0.15) is 0 Å². The van der Waals surface area contributed by atoms with Crippen LogP contribution in [0.1, 0.15) is 17.5 Å². The van der Waals surface area contributed by atoms with E-state index in [0.717, 1.165) is 16.8 Å². The van der Waals surface area contributed by atoms with E-state index in [1.54, 1.807) is 4.90 Å². The lowest BCUT2D eigenvalue weighted by atomic mass is 10.1. The second-order valence-corrected chi connectivity index (χ2v) is 4.90. The summed E-state index contributed by atoms with van der Waals surface area (Å²) in [6.45, 7) is 5.47. The van der Waals surface area contributed by atoms with Crippen molar-refractivity contribution >= 4 is 11.6 Å². The fraction of sp³-hybridized carbons (Fsp3) is 0.500. The van der Waals surface area contributed by atoms with Gasteiger partial charge in [0.05, 0.1) is 12.6 Å². The van der Waals surface area contributed by atoms with Crippen molar-refractivity contribution in [3.8, 4) is 0 Å². The minimum atomic E-state index is -0.353. The summed E-state index contributed by atoms with van der Waals surface area (Å²) in [6, 6.07) is 6.06. The summed E-state index contributed by atoms with van der Waals surface area (Å²) in [5.74, 6) is 0.0502. The summed E-state index contributed by atoms with van der Waals surface area (Å²) in [7, 11) is 0. The number of hydrogen-bond donors (Lipinski definition) is 2. The van der Waals surface area contributed by atoms with E-state index >= 15 is 0 Å². The standard InChI is InChI=1S/C14H20N2O2/c1-10-4-3-5-11(2)14(10)15-8-13(18)16-7-6-12(17)9-16/h3-5,12,15,17H,6-9H2,1-2H3/t12-/m1/s1. The van der Waals surface area contributed by atoms with Gasteiger partial charge in [0.15, 0.2) is 0 Å². The van der Waals surface area contributed by atoms with Crippen LogP contribution < -0.4 is 5.32 Å². The van der Waals surface area contributed by atoms with Crippen molar-refractivity contribution in [3.63, 3.8) is 0 Å². The second kappa shape index (κ2) is 5.40. The Morgan fingerprint density at radius 2 is 2.11 bits per heavy atom. The molecule has 18 heavy (non-hydrogen) atoms. The van der Waals surface area contributed by atoms with E-state index in [4.69, 9.17) is 0 Å². The third-order valence-corrected chi connectivity index (χ3v) is 3.41. The van der Waals surface area contributed by atoms with E-state index in [0.29, 0.717) is 26.1 Å². The van der Waals surface area contributed by atoms with Crippen LogP contribution in [-0.2, 0) is 4.79 Å². The topological polar surface area (TPSA) is 52.6 Å². The van der Waals surface area contributed by atoms with Crippen LogP contribution in [0, 0.1) is 13.8 Å². The Kier molecular flexibility index (Phi) is 3.87. The molecule has 1 atom stereocenters. The van der Waals surface area contributed by atoms with Crippen LogP contribution in [0.15, 0.2) is 18.2 Å². The number of likely N-dealkylation sites (tertiary alicyclic amines) is 1. The van der Waals surface area contributed by atoms with Crippen molar-refractivity contribution in [2.75, 3.05) is 25.0 Å². The van der Waals surface area contributed by atoms with Gasteiger partial charge in [-0.15, -0.1) is 0 Å². The van der Waals surface area contributed by atoms with Crippen LogP contribution in [0.2, 0.25) is 0 Å². The Labute approximate surface area is 108 Å². The fourth-order valence-electron chi connectivity index (χ4n) is 2.34. The molecule has 1 aliphatic rings. The maximum atomic E-state index is 11.9. The molecular weight excluding hydrogens is 228 g/mol. The fourth-order valence-corrected chi connectivity index (χ4v) is 2.34. The van der Waals surface area contributed by atoms with Gasteiger partial charge in [-0.2, -0.15) is 0 Å². The first kappa shape index (κ1) is 12.9. The normalized spacial score (nSPS) is 19.1. The number of benzene rings is 1. The Balaban J connectivity index is 1.93. The van der Waals surface area contributed by atoms with Gasteiger partial charge >= 0.3 is 0 Å². The zero-order valence-corrected chi connectivity index (χ0v) is 10.9. The average Bonchev–Trinajstić information content (AvgIpc) is 2.75. The Morgan fingerprint density at radius 3 is 2.67 bits per heavy atom. The highest BCUT2D eigenvalue weighted by atomic mass is 16.3. The second-order valence-electron chi connectivity index (χ2n) is 4.90. The summed E-state index contributed by atoms with van der Waals surface area (Å²) in [4.78, 5) is 13.7. The van der Waals surface area contributed by atoms with E-state index in [1.807, 2.05) is 32.0 Å². The highest BCUT2D eigenvalue weighted by Gasteiger charge is 2.24. The molecule has 1 aliphatic heterocycles. The number of hydrogen-bond acceptors (Lipinski definition) is 3. The first-order valence-electron chi connectivity index (χ1n) is 6.34. The summed E-state index contributed by atoms with van der Waals surface area (Å²) in [5, 5.41) is 12.6. The first-order valence-corrected chi connectivity index (χ1v) is 6.34. The van der Waals surface area contributed by atoms with Crippen molar-refractivity contribution in [2.45, 2.75) is 26.4 Å². The minimum Gasteiger partial charge on any atom is -0.391 e. The van der Waals surface area contributed by atoms with Gasteiger partial charge in [-0.05, 0) is 31.4 Å². The Bertz CT molecular complexity index is 425. The lowest BCUT2D eigenvalue weighted by Gasteiger charge is -2.18.